The van der Waals surface area contributed by atoms with Crippen LogP contribution in [0.1, 0.15) is 18.9 Å². The summed E-state index contributed by atoms with van der Waals surface area (Å²) < 4.78 is 32.5. The zero-order chi connectivity index (χ0) is 15.5. The van der Waals surface area contributed by atoms with Crippen LogP contribution in [0.2, 0.25) is 0 Å². The molecule has 114 valence electrons. The summed E-state index contributed by atoms with van der Waals surface area (Å²) in [7, 11) is -3.59. The van der Waals surface area contributed by atoms with Crippen LogP contribution in [0.3, 0.4) is 0 Å². The molecular weight excluding hydrogens is 308 g/mol. The molecule has 0 amide bonds. The molecule has 5 nitrogen and oxygen atoms in total. The summed E-state index contributed by atoms with van der Waals surface area (Å²) in [5.41, 5.74) is 1.53. The number of aromatic nitrogens is 1. The Hall–Kier alpha value is -1.44. The van der Waals surface area contributed by atoms with Gasteiger partial charge in [-0.05, 0) is 32.0 Å². The Bertz CT molecular complexity index is 724. The van der Waals surface area contributed by atoms with Crippen molar-refractivity contribution in [1.29, 1.82) is 0 Å². The molecule has 1 N–H and O–H groups in total. The highest BCUT2D eigenvalue weighted by Crippen LogP contribution is 2.30. The van der Waals surface area contributed by atoms with Crippen LogP contribution in [0.15, 0.2) is 28.5 Å². The van der Waals surface area contributed by atoms with Crippen molar-refractivity contribution in [3.05, 3.63) is 28.6 Å². The maximum Gasteiger partial charge on any atom is 0.244 e. The number of aryl methyl sites for hydroxylation is 1. The van der Waals surface area contributed by atoms with E-state index < -0.39 is 10.0 Å². The number of ether oxygens (including phenoxy) is 1. The van der Waals surface area contributed by atoms with Crippen molar-refractivity contribution in [2.45, 2.75) is 25.7 Å². The smallest absolute Gasteiger partial charge is 0.244 e. The fourth-order valence-corrected chi connectivity index (χ4v) is 3.75. The van der Waals surface area contributed by atoms with Gasteiger partial charge in [-0.3, -0.25) is 0 Å². The second-order valence-electron chi connectivity index (χ2n) is 4.35. The molecule has 0 spiro atoms. The predicted molar refractivity (Wildman–Crippen MR) is 84.3 cm³/mol. The van der Waals surface area contributed by atoms with Crippen LogP contribution >= 0.6 is 11.3 Å². The molecule has 0 aliphatic rings. The molecule has 21 heavy (non-hydrogen) atoms. The number of hydrogen-bond acceptors (Lipinski definition) is 5. The Morgan fingerprint density at radius 1 is 1.33 bits per heavy atom. The SMILES string of the molecule is CCNS(=O)(=O)c1cc(-c2csc(C)n2)ccc1OCC. The van der Waals surface area contributed by atoms with E-state index >= 15 is 0 Å². The first-order valence-electron chi connectivity index (χ1n) is 6.67. The number of rotatable bonds is 6. The van der Waals surface area contributed by atoms with Crippen molar-refractivity contribution < 1.29 is 13.2 Å². The van der Waals surface area contributed by atoms with Gasteiger partial charge in [-0.2, -0.15) is 0 Å². The van der Waals surface area contributed by atoms with Crippen LogP contribution in [-0.2, 0) is 10.0 Å². The molecule has 0 aliphatic heterocycles. The van der Waals surface area contributed by atoms with Crippen LogP contribution in [0, 0.1) is 6.92 Å². The van der Waals surface area contributed by atoms with Crippen molar-refractivity contribution in [2.24, 2.45) is 0 Å². The summed E-state index contributed by atoms with van der Waals surface area (Å²) in [4.78, 5) is 4.54. The third-order valence-corrected chi connectivity index (χ3v) is 5.12. The van der Waals surface area contributed by atoms with Gasteiger partial charge in [0.2, 0.25) is 10.0 Å². The Kier molecular flexibility index (Phi) is 4.97. The van der Waals surface area contributed by atoms with Gasteiger partial charge >= 0.3 is 0 Å². The minimum atomic E-state index is -3.59. The first-order chi connectivity index (χ1) is 9.97. The standard InChI is InChI=1S/C14H18N2O3S2/c1-4-15-21(17,18)14-8-11(6-7-13(14)19-5-2)12-9-20-10(3)16-12/h6-9,15H,4-5H2,1-3H3. The van der Waals surface area contributed by atoms with Gasteiger partial charge in [0.25, 0.3) is 0 Å². The van der Waals surface area contributed by atoms with Gasteiger partial charge in [0, 0.05) is 17.5 Å². The normalized spacial score (nSPS) is 11.6. The molecule has 0 saturated heterocycles. The van der Waals surface area contributed by atoms with Gasteiger partial charge in [-0.25, -0.2) is 18.1 Å². The summed E-state index contributed by atoms with van der Waals surface area (Å²) >= 11 is 1.53. The second kappa shape index (κ2) is 6.55. The fraction of sp³-hybridized carbons (Fsp3) is 0.357. The van der Waals surface area contributed by atoms with E-state index in [-0.39, 0.29) is 4.90 Å². The Balaban J connectivity index is 2.54. The first-order valence-corrected chi connectivity index (χ1v) is 9.03. The number of sulfonamides is 1. The Labute approximate surface area is 129 Å². The molecule has 2 rings (SSSR count). The lowest BCUT2D eigenvalue weighted by Crippen LogP contribution is -2.23. The summed E-state index contributed by atoms with van der Waals surface area (Å²) in [5, 5.41) is 2.85. The molecule has 0 bridgehead atoms. The lowest BCUT2D eigenvalue weighted by Gasteiger charge is -2.12. The van der Waals surface area contributed by atoms with Crippen molar-refractivity contribution in [3.8, 4) is 17.0 Å². The number of nitrogens with one attached hydrogen (secondary N) is 1. The minimum Gasteiger partial charge on any atom is -0.492 e. The summed E-state index contributed by atoms with van der Waals surface area (Å²) in [6, 6.07) is 5.11. The molecule has 0 unspecified atom stereocenters. The van der Waals surface area contributed by atoms with Gasteiger partial charge < -0.3 is 4.74 Å². The quantitative estimate of drug-likeness (QED) is 0.886. The minimum absolute atomic E-state index is 0.148. The van der Waals surface area contributed by atoms with Crippen molar-refractivity contribution >= 4 is 21.4 Å². The van der Waals surface area contributed by atoms with Gasteiger partial charge in [0.05, 0.1) is 17.3 Å². The lowest BCUT2D eigenvalue weighted by molar-refractivity contribution is 0.331. The number of nitrogens with zero attached hydrogens (tertiary/aromatic N) is 1. The summed E-state index contributed by atoms with van der Waals surface area (Å²) in [5.74, 6) is 0.356. The number of benzene rings is 1. The Morgan fingerprint density at radius 3 is 2.67 bits per heavy atom. The van der Waals surface area contributed by atoms with E-state index in [0.717, 1.165) is 16.3 Å². The van der Waals surface area contributed by atoms with E-state index in [1.165, 1.54) is 11.3 Å². The molecule has 0 aliphatic carbocycles. The zero-order valence-corrected chi connectivity index (χ0v) is 13.8. The maximum absolute atomic E-state index is 12.3. The van der Waals surface area contributed by atoms with Crippen LogP contribution in [0.25, 0.3) is 11.3 Å². The van der Waals surface area contributed by atoms with Gasteiger partial charge in [-0.1, -0.05) is 6.92 Å². The van der Waals surface area contributed by atoms with E-state index in [1.54, 1.807) is 19.1 Å². The topological polar surface area (TPSA) is 68.3 Å². The highest BCUT2D eigenvalue weighted by atomic mass is 32.2. The largest absolute Gasteiger partial charge is 0.492 e. The van der Waals surface area contributed by atoms with Crippen LogP contribution in [-0.4, -0.2) is 26.6 Å². The monoisotopic (exact) mass is 326 g/mol. The van der Waals surface area contributed by atoms with Crippen molar-refractivity contribution in [3.63, 3.8) is 0 Å². The van der Waals surface area contributed by atoms with E-state index in [1.807, 2.05) is 25.3 Å². The fourth-order valence-electron chi connectivity index (χ4n) is 1.92. The zero-order valence-electron chi connectivity index (χ0n) is 12.2. The molecule has 0 fully saturated rings. The first kappa shape index (κ1) is 15.9. The molecular formula is C14H18N2O3S2. The van der Waals surface area contributed by atoms with E-state index in [9.17, 15) is 8.42 Å². The Morgan fingerprint density at radius 2 is 2.10 bits per heavy atom. The summed E-state index contributed by atoms with van der Waals surface area (Å²) in [6.07, 6.45) is 0. The molecule has 7 heteroatoms. The second-order valence-corrected chi connectivity index (χ2v) is 7.15. The third-order valence-electron chi connectivity index (χ3n) is 2.78. The van der Waals surface area contributed by atoms with Crippen LogP contribution in [0.4, 0.5) is 0 Å². The van der Waals surface area contributed by atoms with Crippen molar-refractivity contribution in [2.75, 3.05) is 13.2 Å². The van der Waals surface area contributed by atoms with Gasteiger partial charge in [0.15, 0.2) is 0 Å². The van der Waals surface area contributed by atoms with Crippen LogP contribution in [0.5, 0.6) is 5.75 Å². The molecule has 0 saturated carbocycles. The van der Waals surface area contributed by atoms with Crippen molar-refractivity contribution in [1.82, 2.24) is 9.71 Å². The van der Waals surface area contributed by atoms with Crippen LogP contribution < -0.4 is 9.46 Å². The van der Waals surface area contributed by atoms with Gasteiger partial charge in [-0.15, -0.1) is 11.3 Å². The molecule has 0 atom stereocenters. The molecule has 2 aromatic rings. The molecule has 1 aromatic heterocycles. The maximum atomic E-state index is 12.3. The van der Waals surface area contributed by atoms with Gasteiger partial charge in [0.1, 0.15) is 10.6 Å². The van der Waals surface area contributed by atoms with E-state index in [2.05, 4.69) is 9.71 Å². The van der Waals surface area contributed by atoms with E-state index in [0.29, 0.717) is 18.9 Å². The van der Waals surface area contributed by atoms with E-state index in [4.69, 9.17) is 4.74 Å². The third kappa shape index (κ3) is 3.61. The number of thiazole rings is 1. The highest BCUT2D eigenvalue weighted by Gasteiger charge is 2.20. The molecule has 0 radical (unpaired) electrons. The predicted octanol–water partition coefficient (Wildman–Crippen LogP) is 2.82. The number of hydrogen-bond donors (Lipinski definition) is 1. The lowest BCUT2D eigenvalue weighted by atomic mass is 10.2. The average Bonchev–Trinajstić information content (AvgIpc) is 2.86. The summed E-state index contributed by atoms with van der Waals surface area (Å²) in [6.45, 7) is 6.21. The highest BCUT2D eigenvalue weighted by molar-refractivity contribution is 7.89. The molecule has 1 heterocycles. The average molecular weight is 326 g/mol. The molecule has 1 aromatic carbocycles.